The Morgan fingerprint density at radius 2 is 1.89 bits per heavy atom. The zero-order valence-corrected chi connectivity index (χ0v) is 9.93. The molecule has 5 heteroatoms. The molecule has 1 N–H and O–H groups in total. The molecular weight excluding hydrogens is 243 g/mol. The number of nitrogens with one attached hydrogen (secondary N) is 1. The molecule has 2 nitrogen and oxygen atoms in total. The molecule has 0 aliphatic heterocycles. The Labute approximate surface area is 102 Å². The van der Waals surface area contributed by atoms with Gasteiger partial charge in [-0.3, -0.25) is 0 Å². The highest BCUT2D eigenvalue weighted by molar-refractivity contribution is 5.32. The number of rotatable bonds is 3. The van der Waals surface area contributed by atoms with Gasteiger partial charge in [-0.05, 0) is 26.1 Å². The summed E-state index contributed by atoms with van der Waals surface area (Å²) >= 11 is 0. The Bertz CT molecular complexity index is 565. The first-order valence-corrected chi connectivity index (χ1v) is 5.40. The Balaban J connectivity index is 2.49. The van der Waals surface area contributed by atoms with Crippen molar-refractivity contribution in [1.29, 1.82) is 0 Å². The van der Waals surface area contributed by atoms with Gasteiger partial charge in [-0.15, -0.1) is 0 Å². The van der Waals surface area contributed by atoms with Crippen molar-refractivity contribution < 1.29 is 17.6 Å². The maximum absolute atomic E-state index is 13.7. The van der Waals surface area contributed by atoms with Crippen molar-refractivity contribution in [2.75, 3.05) is 7.05 Å². The molecule has 18 heavy (non-hydrogen) atoms. The topological polar surface area (TPSA) is 25.2 Å². The summed E-state index contributed by atoms with van der Waals surface area (Å²) in [7, 11) is 1.60. The molecule has 0 saturated carbocycles. The number of hydrogen-bond donors (Lipinski definition) is 1. The van der Waals surface area contributed by atoms with Crippen molar-refractivity contribution in [1.82, 2.24) is 5.32 Å². The Morgan fingerprint density at radius 1 is 1.17 bits per heavy atom. The van der Waals surface area contributed by atoms with E-state index in [1.54, 1.807) is 20.0 Å². The normalized spacial score (nSPS) is 12.7. The third-order valence-electron chi connectivity index (χ3n) is 2.75. The molecule has 2 rings (SSSR count). The summed E-state index contributed by atoms with van der Waals surface area (Å²) in [6.07, 6.45) is 1.46. The lowest BCUT2D eigenvalue weighted by molar-refractivity contribution is 0.434. The highest BCUT2D eigenvalue weighted by Gasteiger charge is 2.22. The second-order valence-electron chi connectivity index (χ2n) is 3.98. The number of aryl methyl sites for hydroxylation is 1. The van der Waals surface area contributed by atoms with Crippen LogP contribution in [0.15, 0.2) is 28.9 Å². The van der Waals surface area contributed by atoms with Crippen LogP contribution in [0.2, 0.25) is 0 Å². The summed E-state index contributed by atoms with van der Waals surface area (Å²) in [4.78, 5) is 0. The van der Waals surface area contributed by atoms with Gasteiger partial charge in [0.05, 0.1) is 12.3 Å². The van der Waals surface area contributed by atoms with Crippen molar-refractivity contribution in [2.24, 2.45) is 0 Å². The fourth-order valence-corrected chi connectivity index (χ4v) is 1.88. The number of halogens is 3. The summed E-state index contributed by atoms with van der Waals surface area (Å²) in [6.45, 7) is 1.75. The van der Waals surface area contributed by atoms with Gasteiger partial charge in [0, 0.05) is 11.1 Å². The molecule has 1 aromatic heterocycles. The third kappa shape index (κ3) is 2.13. The lowest BCUT2D eigenvalue weighted by Crippen LogP contribution is -2.19. The van der Waals surface area contributed by atoms with Gasteiger partial charge in [0.2, 0.25) is 0 Å². The van der Waals surface area contributed by atoms with Crippen LogP contribution in [0.4, 0.5) is 13.2 Å². The minimum atomic E-state index is -1.46. The van der Waals surface area contributed by atoms with E-state index in [0.29, 0.717) is 11.3 Å². The van der Waals surface area contributed by atoms with Gasteiger partial charge in [-0.2, -0.15) is 0 Å². The fourth-order valence-electron chi connectivity index (χ4n) is 1.88. The lowest BCUT2D eigenvalue weighted by Gasteiger charge is -2.16. The van der Waals surface area contributed by atoms with Crippen LogP contribution in [0.3, 0.4) is 0 Å². The van der Waals surface area contributed by atoms with Gasteiger partial charge in [0.25, 0.3) is 0 Å². The summed E-state index contributed by atoms with van der Waals surface area (Å²) in [6, 6.07) is 3.25. The first-order chi connectivity index (χ1) is 8.54. The summed E-state index contributed by atoms with van der Waals surface area (Å²) in [5, 5.41) is 2.85. The molecule has 0 aliphatic rings. The molecule has 96 valence electrons. The average Bonchev–Trinajstić information content (AvgIpc) is 2.77. The molecule has 0 bridgehead atoms. The van der Waals surface area contributed by atoms with E-state index in [2.05, 4.69) is 5.32 Å². The second-order valence-corrected chi connectivity index (χ2v) is 3.98. The van der Waals surface area contributed by atoms with Crippen LogP contribution in [0.1, 0.15) is 22.9 Å². The molecule has 0 radical (unpaired) electrons. The summed E-state index contributed by atoms with van der Waals surface area (Å²) < 4.78 is 44.9. The predicted octanol–water partition coefficient (Wildman–Crippen LogP) is 3.31. The quantitative estimate of drug-likeness (QED) is 0.851. The third-order valence-corrected chi connectivity index (χ3v) is 2.75. The summed E-state index contributed by atoms with van der Waals surface area (Å²) in [5.74, 6) is -3.19. The van der Waals surface area contributed by atoms with Crippen LogP contribution in [-0.2, 0) is 0 Å². The molecule has 1 heterocycles. The van der Waals surface area contributed by atoms with Crippen molar-refractivity contribution >= 4 is 0 Å². The van der Waals surface area contributed by atoms with Crippen LogP contribution in [0.25, 0.3) is 0 Å². The molecule has 1 aromatic carbocycles. The molecule has 1 unspecified atom stereocenters. The van der Waals surface area contributed by atoms with Crippen LogP contribution < -0.4 is 5.32 Å². The SMILES string of the molecule is CNC(c1coc(C)c1)c1ccc(F)c(F)c1F. The first kappa shape index (κ1) is 12.7. The van der Waals surface area contributed by atoms with Gasteiger partial charge in [-0.1, -0.05) is 6.07 Å². The van der Waals surface area contributed by atoms with Crippen LogP contribution in [-0.4, -0.2) is 7.05 Å². The monoisotopic (exact) mass is 255 g/mol. The van der Waals surface area contributed by atoms with Gasteiger partial charge in [-0.25, -0.2) is 13.2 Å². The van der Waals surface area contributed by atoms with E-state index in [1.807, 2.05) is 0 Å². The highest BCUT2D eigenvalue weighted by Crippen LogP contribution is 2.27. The van der Waals surface area contributed by atoms with E-state index in [1.165, 1.54) is 12.3 Å². The Morgan fingerprint density at radius 3 is 2.44 bits per heavy atom. The van der Waals surface area contributed by atoms with E-state index in [-0.39, 0.29) is 5.56 Å². The maximum Gasteiger partial charge on any atom is 0.194 e. The molecule has 0 aliphatic carbocycles. The fraction of sp³-hybridized carbons (Fsp3) is 0.231. The largest absolute Gasteiger partial charge is 0.469 e. The number of furan rings is 1. The van der Waals surface area contributed by atoms with E-state index in [0.717, 1.165) is 6.07 Å². The standard InChI is InChI=1S/C13H12F3NO/c1-7-5-8(6-18-7)13(17-2)9-3-4-10(14)12(16)11(9)15/h3-6,13,17H,1-2H3. The molecular formula is C13H12F3NO. The van der Waals surface area contributed by atoms with Crippen LogP contribution in [0.5, 0.6) is 0 Å². The van der Waals surface area contributed by atoms with Crippen LogP contribution in [0, 0.1) is 24.4 Å². The van der Waals surface area contributed by atoms with Gasteiger partial charge < -0.3 is 9.73 Å². The van der Waals surface area contributed by atoms with Gasteiger partial charge in [0.1, 0.15) is 5.76 Å². The Kier molecular flexibility index (Phi) is 3.43. The summed E-state index contributed by atoms with van der Waals surface area (Å²) in [5.41, 5.74) is 0.692. The number of hydrogen-bond acceptors (Lipinski definition) is 2. The molecule has 2 aromatic rings. The molecule has 0 saturated heterocycles. The minimum absolute atomic E-state index is 0.0391. The van der Waals surface area contributed by atoms with Crippen LogP contribution >= 0.6 is 0 Å². The predicted molar refractivity (Wildman–Crippen MR) is 60.7 cm³/mol. The Hall–Kier alpha value is -1.75. The van der Waals surface area contributed by atoms with Crippen molar-refractivity contribution in [3.63, 3.8) is 0 Å². The minimum Gasteiger partial charge on any atom is -0.469 e. The van der Waals surface area contributed by atoms with Crippen molar-refractivity contribution in [3.05, 3.63) is 58.8 Å². The molecule has 0 spiro atoms. The number of benzene rings is 1. The van der Waals surface area contributed by atoms with Crippen molar-refractivity contribution in [2.45, 2.75) is 13.0 Å². The highest BCUT2D eigenvalue weighted by atomic mass is 19.2. The zero-order valence-electron chi connectivity index (χ0n) is 9.93. The van der Waals surface area contributed by atoms with Crippen molar-refractivity contribution in [3.8, 4) is 0 Å². The smallest absolute Gasteiger partial charge is 0.194 e. The molecule has 1 atom stereocenters. The maximum atomic E-state index is 13.7. The molecule has 0 fully saturated rings. The van der Waals surface area contributed by atoms with E-state index >= 15 is 0 Å². The average molecular weight is 255 g/mol. The molecule has 0 amide bonds. The zero-order chi connectivity index (χ0) is 13.3. The van der Waals surface area contributed by atoms with E-state index < -0.39 is 23.5 Å². The first-order valence-electron chi connectivity index (χ1n) is 5.40. The van der Waals surface area contributed by atoms with Gasteiger partial charge >= 0.3 is 0 Å². The second kappa shape index (κ2) is 4.86. The van der Waals surface area contributed by atoms with E-state index in [9.17, 15) is 13.2 Å². The lowest BCUT2D eigenvalue weighted by atomic mass is 10.0. The van der Waals surface area contributed by atoms with Gasteiger partial charge in [0.15, 0.2) is 17.5 Å². The van der Waals surface area contributed by atoms with E-state index in [4.69, 9.17) is 4.42 Å².